The van der Waals surface area contributed by atoms with Crippen LogP contribution < -0.4 is 14.8 Å². The summed E-state index contributed by atoms with van der Waals surface area (Å²) in [5, 5.41) is 3.34. The quantitative estimate of drug-likeness (QED) is 0.606. The summed E-state index contributed by atoms with van der Waals surface area (Å²) in [6.07, 6.45) is 2.82. The molecule has 7 heteroatoms. The number of rotatable bonds is 6. The van der Waals surface area contributed by atoms with Crippen LogP contribution in [0, 0.1) is 0 Å². The third kappa shape index (κ3) is 5.24. The van der Waals surface area contributed by atoms with Crippen LogP contribution in [-0.4, -0.2) is 25.3 Å². The van der Waals surface area contributed by atoms with E-state index in [-0.39, 0.29) is 19.4 Å². The molecule has 0 aromatic heterocycles. The molecule has 1 amide bonds. The number of halogens is 1. The highest BCUT2D eigenvalue weighted by Gasteiger charge is 2.17. The first kappa shape index (κ1) is 18.8. The van der Waals surface area contributed by atoms with E-state index in [0.29, 0.717) is 16.5 Å². The first-order valence-corrected chi connectivity index (χ1v) is 8.68. The van der Waals surface area contributed by atoms with Gasteiger partial charge in [0.05, 0.1) is 6.04 Å². The Bertz CT molecular complexity index is 880. The molecule has 0 unspecified atom stereocenters. The first-order chi connectivity index (χ1) is 13.0. The number of carbonyl (C=O) groups is 2. The van der Waals surface area contributed by atoms with Crippen molar-refractivity contribution < 1.29 is 23.8 Å². The molecule has 2 aromatic rings. The molecule has 0 spiro atoms. The molecule has 0 aliphatic carbocycles. The fraction of sp³-hybridized carbons (Fsp3) is 0.200. The zero-order valence-electron chi connectivity index (χ0n) is 14.6. The molecule has 1 aliphatic heterocycles. The highest BCUT2D eigenvalue weighted by atomic mass is 35.5. The van der Waals surface area contributed by atoms with Gasteiger partial charge < -0.3 is 19.5 Å². The van der Waals surface area contributed by atoms with E-state index in [1.807, 2.05) is 19.1 Å². The summed E-state index contributed by atoms with van der Waals surface area (Å²) in [4.78, 5) is 23.7. The van der Waals surface area contributed by atoms with Crippen molar-refractivity contribution in [2.24, 2.45) is 0 Å². The Labute approximate surface area is 161 Å². The van der Waals surface area contributed by atoms with Gasteiger partial charge in [-0.15, -0.1) is 0 Å². The molecular formula is C20H18ClNO5. The Morgan fingerprint density at radius 3 is 2.85 bits per heavy atom. The predicted octanol–water partition coefficient (Wildman–Crippen LogP) is 3.50. The number of benzene rings is 2. The van der Waals surface area contributed by atoms with E-state index >= 15 is 0 Å². The second kappa shape index (κ2) is 8.60. The van der Waals surface area contributed by atoms with E-state index < -0.39 is 11.9 Å². The SMILES string of the molecule is C[C@H](NC(=O)COC(=O)/C=C/c1cccc(Cl)c1)c1ccc2c(c1)OCO2. The van der Waals surface area contributed by atoms with Crippen molar-refractivity contribution in [3.63, 3.8) is 0 Å². The van der Waals surface area contributed by atoms with Crippen LogP contribution in [0.5, 0.6) is 11.5 Å². The topological polar surface area (TPSA) is 73.9 Å². The van der Waals surface area contributed by atoms with Crippen LogP contribution in [0.1, 0.15) is 24.1 Å². The van der Waals surface area contributed by atoms with Crippen LogP contribution in [0.3, 0.4) is 0 Å². The number of nitrogens with one attached hydrogen (secondary N) is 1. The number of fused-ring (bicyclic) bond motifs is 1. The average molecular weight is 388 g/mol. The normalized spacial score (nSPS) is 13.4. The number of amides is 1. The third-order valence-corrected chi connectivity index (χ3v) is 4.12. The molecule has 3 rings (SSSR count). The largest absolute Gasteiger partial charge is 0.454 e. The van der Waals surface area contributed by atoms with E-state index in [1.165, 1.54) is 6.08 Å². The highest BCUT2D eigenvalue weighted by Crippen LogP contribution is 2.34. The van der Waals surface area contributed by atoms with Crippen LogP contribution in [-0.2, 0) is 14.3 Å². The molecule has 1 atom stereocenters. The summed E-state index contributed by atoms with van der Waals surface area (Å²) in [6, 6.07) is 12.2. The molecule has 0 radical (unpaired) electrons. The average Bonchev–Trinajstić information content (AvgIpc) is 3.12. The van der Waals surface area contributed by atoms with Gasteiger partial charge in [0.25, 0.3) is 5.91 Å². The molecule has 0 bridgehead atoms. The van der Waals surface area contributed by atoms with Gasteiger partial charge in [0.2, 0.25) is 6.79 Å². The standard InChI is InChI=1S/C20H18ClNO5/c1-13(15-6-7-17-18(10-15)27-12-26-17)22-19(23)11-25-20(24)8-5-14-3-2-4-16(21)9-14/h2-10,13H,11-12H2,1H3,(H,22,23)/b8-5+/t13-/m0/s1. The second-order valence-corrected chi connectivity index (χ2v) is 6.33. The Hall–Kier alpha value is -2.99. The fourth-order valence-electron chi connectivity index (χ4n) is 2.51. The molecule has 6 nitrogen and oxygen atoms in total. The predicted molar refractivity (Wildman–Crippen MR) is 101 cm³/mol. The fourth-order valence-corrected chi connectivity index (χ4v) is 2.71. The highest BCUT2D eigenvalue weighted by molar-refractivity contribution is 6.30. The molecule has 1 heterocycles. The van der Waals surface area contributed by atoms with Gasteiger partial charge in [0.1, 0.15) is 0 Å². The van der Waals surface area contributed by atoms with Gasteiger partial charge in [-0.25, -0.2) is 4.79 Å². The van der Waals surface area contributed by atoms with E-state index in [9.17, 15) is 9.59 Å². The van der Waals surface area contributed by atoms with E-state index in [1.54, 1.807) is 36.4 Å². The van der Waals surface area contributed by atoms with Crippen LogP contribution in [0.15, 0.2) is 48.5 Å². The minimum atomic E-state index is -0.610. The van der Waals surface area contributed by atoms with Gasteiger partial charge in [0, 0.05) is 11.1 Å². The van der Waals surface area contributed by atoms with Gasteiger partial charge in [-0.1, -0.05) is 29.8 Å². The smallest absolute Gasteiger partial charge is 0.331 e. The number of hydrogen-bond donors (Lipinski definition) is 1. The molecule has 0 saturated heterocycles. The summed E-state index contributed by atoms with van der Waals surface area (Å²) < 4.78 is 15.5. The Kier molecular flexibility index (Phi) is 5.98. The maximum Gasteiger partial charge on any atom is 0.331 e. The Morgan fingerprint density at radius 2 is 2.04 bits per heavy atom. The third-order valence-electron chi connectivity index (χ3n) is 3.88. The lowest BCUT2D eigenvalue weighted by atomic mass is 10.1. The van der Waals surface area contributed by atoms with Crippen molar-refractivity contribution in [2.45, 2.75) is 13.0 Å². The van der Waals surface area contributed by atoms with Crippen LogP contribution in [0.2, 0.25) is 5.02 Å². The zero-order valence-corrected chi connectivity index (χ0v) is 15.4. The van der Waals surface area contributed by atoms with E-state index in [2.05, 4.69) is 5.32 Å². The zero-order chi connectivity index (χ0) is 19.2. The van der Waals surface area contributed by atoms with Crippen molar-refractivity contribution in [3.05, 3.63) is 64.7 Å². The van der Waals surface area contributed by atoms with Crippen LogP contribution >= 0.6 is 11.6 Å². The van der Waals surface area contributed by atoms with E-state index in [4.69, 9.17) is 25.8 Å². The minimum Gasteiger partial charge on any atom is -0.454 e. The maximum atomic E-state index is 12.0. The summed E-state index contributed by atoms with van der Waals surface area (Å²) >= 11 is 5.88. The lowest BCUT2D eigenvalue weighted by Gasteiger charge is -2.14. The minimum absolute atomic E-state index is 0.193. The van der Waals surface area contributed by atoms with Crippen LogP contribution in [0.25, 0.3) is 6.08 Å². The molecule has 2 aromatic carbocycles. The molecule has 1 N–H and O–H groups in total. The molecule has 27 heavy (non-hydrogen) atoms. The Balaban J connectivity index is 1.47. The lowest BCUT2D eigenvalue weighted by molar-refractivity contribution is -0.144. The molecule has 1 aliphatic rings. The van der Waals surface area contributed by atoms with Gasteiger partial charge in [-0.05, 0) is 48.4 Å². The summed E-state index contributed by atoms with van der Waals surface area (Å²) in [6.45, 7) is 1.65. The van der Waals surface area contributed by atoms with Gasteiger partial charge >= 0.3 is 5.97 Å². The second-order valence-electron chi connectivity index (χ2n) is 5.90. The Morgan fingerprint density at radius 1 is 1.22 bits per heavy atom. The molecule has 140 valence electrons. The summed E-state index contributed by atoms with van der Waals surface area (Å²) in [5.74, 6) is 0.314. The number of hydrogen-bond acceptors (Lipinski definition) is 5. The molecule has 0 saturated carbocycles. The first-order valence-electron chi connectivity index (χ1n) is 8.30. The maximum absolute atomic E-state index is 12.0. The van der Waals surface area contributed by atoms with Crippen molar-refractivity contribution >= 4 is 29.6 Å². The van der Waals surface area contributed by atoms with Crippen LogP contribution in [0.4, 0.5) is 0 Å². The monoisotopic (exact) mass is 387 g/mol. The van der Waals surface area contributed by atoms with Crippen molar-refractivity contribution in [2.75, 3.05) is 13.4 Å². The molecular weight excluding hydrogens is 370 g/mol. The van der Waals surface area contributed by atoms with Crippen molar-refractivity contribution in [3.8, 4) is 11.5 Å². The molecule has 0 fully saturated rings. The lowest BCUT2D eigenvalue weighted by Crippen LogP contribution is -2.30. The van der Waals surface area contributed by atoms with Gasteiger partial charge in [-0.3, -0.25) is 4.79 Å². The van der Waals surface area contributed by atoms with Crippen molar-refractivity contribution in [1.82, 2.24) is 5.32 Å². The number of esters is 1. The summed E-state index contributed by atoms with van der Waals surface area (Å²) in [5.41, 5.74) is 1.63. The summed E-state index contributed by atoms with van der Waals surface area (Å²) in [7, 11) is 0. The van der Waals surface area contributed by atoms with E-state index in [0.717, 1.165) is 11.1 Å². The number of carbonyl (C=O) groups excluding carboxylic acids is 2. The van der Waals surface area contributed by atoms with Gasteiger partial charge in [0.15, 0.2) is 18.1 Å². The van der Waals surface area contributed by atoms with Gasteiger partial charge in [-0.2, -0.15) is 0 Å². The van der Waals surface area contributed by atoms with Crippen molar-refractivity contribution in [1.29, 1.82) is 0 Å². The number of ether oxygens (including phenoxy) is 3.